The second-order valence-electron chi connectivity index (χ2n) is 6.68. The van der Waals surface area contributed by atoms with Crippen LogP contribution in [0.2, 0.25) is 0 Å². The first-order chi connectivity index (χ1) is 15.6. The SMILES string of the molecule is CC(=O)OCOC(=O)C1=C(COC(C)=O)CS[C@@H]2[C@H](NC(=O)C(=O)c3csc(N)n3)C(=O)N12. The highest BCUT2D eigenvalue weighted by Crippen LogP contribution is 2.40. The van der Waals surface area contributed by atoms with Gasteiger partial charge in [0.2, 0.25) is 6.79 Å². The van der Waals surface area contributed by atoms with Crippen molar-refractivity contribution in [2.45, 2.75) is 25.3 Å². The number of thioether (sulfide) groups is 1. The number of thiazole rings is 1. The van der Waals surface area contributed by atoms with Crippen LogP contribution in [0.4, 0.5) is 5.13 Å². The smallest absolute Gasteiger partial charge is 0.358 e. The van der Waals surface area contributed by atoms with Crippen molar-refractivity contribution < 1.29 is 43.0 Å². The number of β-lactam (4-membered cyclic amide) rings is 1. The Balaban J connectivity index is 1.74. The maximum atomic E-state index is 12.8. The second-order valence-corrected chi connectivity index (χ2v) is 8.67. The number of aromatic nitrogens is 1. The van der Waals surface area contributed by atoms with Gasteiger partial charge in [0.1, 0.15) is 29.4 Å². The minimum atomic E-state index is -1.09. The zero-order valence-electron chi connectivity index (χ0n) is 17.3. The maximum Gasteiger partial charge on any atom is 0.358 e. The molecule has 0 radical (unpaired) electrons. The zero-order chi connectivity index (χ0) is 24.3. The van der Waals surface area contributed by atoms with Crippen LogP contribution in [-0.2, 0) is 38.2 Å². The van der Waals surface area contributed by atoms with Gasteiger partial charge in [-0.15, -0.1) is 23.1 Å². The fourth-order valence-electron chi connectivity index (χ4n) is 2.92. The highest BCUT2D eigenvalue weighted by molar-refractivity contribution is 8.00. The Bertz CT molecular complexity index is 1070. The number of nitrogens with one attached hydrogen (secondary N) is 1. The number of esters is 3. The fourth-order valence-corrected chi connectivity index (χ4v) is 4.79. The molecule has 0 unspecified atom stereocenters. The van der Waals surface area contributed by atoms with Crippen LogP contribution in [0.1, 0.15) is 24.3 Å². The van der Waals surface area contributed by atoms with Crippen LogP contribution in [0.15, 0.2) is 16.7 Å². The lowest BCUT2D eigenvalue weighted by Gasteiger charge is -2.49. The van der Waals surface area contributed by atoms with Crippen molar-refractivity contribution in [3.8, 4) is 0 Å². The lowest BCUT2D eigenvalue weighted by atomic mass is 10.0. The molecule has 176 valence electrons. The second kappa shape index (κ2) is 9.99. The van der Waals surface area contributed by atoms with Crippen LogP contribution >= 0.6 is 23.1 Å². The van der Waals surface area contributed by atoms with E-state index in [1.807, 2.05) is 0 Å². The first-order valence-electron chi connectivity index (χ1n) is 9.27. The molecule has 0 spiro atoms. The number of Topliss-reactive ketones (excluding diaryl/α,β-unsaturated/α-hetero) is 1. The topological polar surface area (TPSA) is 184 Å². The monoisotopic (exact) mass is 498 g/mol. The summed E-state index contributed by atoms with van der Waals surface area (Å²) in [7, 11) is 0. The quantitative estimate of drug-likeness (QED) is 0.150. The third kappa shape index (κ3) is 5.31. The van der Waals surface area contributed by atoms with Crippen molar-refractivity contribution in [1.82, 2.24) is 15.2 Å². The Hall–Kier alpha value is -3.46. The summed E-state index contributed by atoms with van der Waals surface area (Å²) in [5, 5.41) is 3.07. The number of carbonyl (C=O) groups excluding carboxylic acids is 6. The van der Waals surface area contributed by atoms with E-state index in [-0.39, 0.29) is 28.9 Å². The molecule has 1 fully saturated rings. The van der Waals surface area contributed by atoms with E-state index >= 15 is 0 Å². The third-order valence-corrected chi connectivity index (χ3v) is 6.40. The minimum Gasteiger partial charge on any atom is -0.461 e. The predicted molar refractivity (Wildman–Crippen MR) is 112 cm³/mol. The van der Waals surface area contributed by atoms with E-state index in [0.29, 0.717) is 5.57 Å². The third-order valence-electron chi connectivity index (χ3n) is 4.39. The van der Waals surface area contributed by atoms with Gasteiger partial charge in [0.25, 0.3) is 17.6 Å². The van der Waals surface area contributed by atoms with Gasteiger partial charge in [-0.05, 0) is 0 Å². The molecule has 13 nitrogen and oxygen atoms in total. The summed E-state index contributed by atoms with van der Waals surface area (Å²) in [4.78, 5) is 76.9. The molecule has 0 saturated carbocycles. The molecule has 0 aliphatic carbocycles. The number of hydrogen-bond donors (Lipinski definition) is 2. The maximum absolute atomic E-state index is 12.8. The first-order valence-corrected chi connectivity index (χ1v) is 11.2. The number of ketones is 1. The number of nitrogens with two attached hydrogens (primary N) is 1. The molecule has 2 aliphatic rings. The van der Waals surface area contributed by atoms with E-state index in [9.17, 15) is 28.8 Å². The van der Waals surface area contributed by atoms with Crippen molar-refractivity contribution in [1.29, 1.82) is 0 Å². The number of amides is 2. The van der Waals surface area contributed by atoms with Gasteiger partial charge in [-0.2, -0.15) is 0 Å². The van der Waals surface area contributed by atoms with Crippen molar-refractivity contribution in [3.63, 3.8) is 0 Å². The Labute approximate surface area is 194 Å². The fraction of sp³-hybridized carbons (Fsp3) is 0.389. The van der Waals surface area contributed by atoms with E-state index in [1.54, 1.807) is 0 Å². The number of rotatable bonds is 8. The van der Waals surface area contributed by atoms with Crippen molar-refractivity contribution in [3.05, 3.63) is 22.3 Å². The Kier molecular flexibility index (Phi) is 7.33. The molecule has 3 heterocycles. The number of nitrogen functional groups attached to an aromatic ring is 1. The van der Waals surface area contributed by atoms with Gasteiger partial charge in [0, 0.05) is 30.6 Å². The van der Waals surface area contributed by atoms with Gasteiger partial charge in [-0.3, -0.25) is 28.9 Å². The molecule has 33 heavy (non-hydrogen) atoms. The Morgan fingerprint density at radius 3 is 2.48 bits per heavy atom. The molecule has 2 aliphatic heterocycles. The van der Waals surface area contributed by atoms with Crippen LogP contribution in [0.5, 0.6) is 0 Å². The number of hydrogen-bond acceptors (Lipinski definition) is 13. The average molecular weight is 498 g/mol. The number of ether oxygens (including phenoxy) is 3. The van der Waals surface area contributed by atoms with Crippen LogP contribution in [0.25, 0.3) is 0 Å². The van der Waals surface area contributed by atoms with E-state index < -0.39 is 53.7 Å². The standard InChI is InChI=1S/C18H18N4O9S2/c1-7(23)29-3-9-4-32-16-11(21-14(26)13(25)10-5-33-18(19)20-10)15(27)22(16)12(9)17(28)31-6-30-8(2)24/h5,11,16H,3-4,6H2,1-2H3,(H2,19,20)(H,21,26)/t11-,16-/m1/s1. The van der Waals surface area contributed by atoms with Gasteiger partial charge >= 0.3 is 17.9 Å². The minimum absolute atomic E-state index is 0.113. The van der Waals surface area contributed by atoms with E-state index in [2.05, 4.69) is 15.0 Å². The predicted octanol–water partition coefficient (Wildman–Crippen LogP) is -0.811. The summed E-state index contributed by atoms with van der Waals surface area (Å²) in [6, 6.07) is -1.09. The Morgan fingerprint density at radius 1 is 1.18 bits per heavy atom. The van der Waals surface area contributed by atoms with Crippen LogP contribution in [0.3, 0.4) is 0 Å². The molecule has 2 amide bonds. The highest BCUT2D eigenvalue weighted by Gasteiger charge is 2.55. The summed E-state index contributed by atoms with van der Waals surface area (Å²) in [6.07, 6.45) is 0. The summed E-state index contributed by atoms with van der Waals surface area (Å²) < 4.78 is 14.4. The number of nitrogens with zero attached hydrogens (tertiary/aromatic N) is 2. The molecule has 1 saturated heterocycles. The lowest BCUT2D eigenvalue weighted by molar-refractivity contribution is -0.167. The van der Waals surface area contributed by atoms with Crippen LogP contribution in [-0.4, -0.2) is 76.0 Å². The summed E-state index contributed by atoms with van der Waals surface area (Å²) in [5.41, 5.74) is 5.44. The van der Waals surface area contributed by atoms with Gasteiger partial charge in [0.15, 0.2) is 5.13 Å². The summed E-state index contributed by atoms with van der Waals surface area (Å²) in [6.45, 7) is 1.37. The van der Waals surface area contributed by atoms with Crippen molar-refractivity contribution >= 4 is 63.7 Å². The van der Waals surface area contributed by atoms with Gasteiger partial charge in [0.05, 0.1) is 0 Å². The zero-order valence-corrected chi connectivity index (χ0v) is 18.9. The molecule has 2 atom stereocenters. The highest BCUT2D eigenvalue weighted by atomic mass is 32.2. The summed E-state index contributed by atoms with van der Waals surface area (Å²) in [5.74, 6) is -4.76. The lowest BCUT2D eigenvalue weighted by Crippen LogP contribution is -2.71. The number of anilines is 1. The normalized spacial score (nSPS) is 19.2. The molecule has 0 bridgehead atoms. The van der Waals surface area contributed by atoms with Gasteiger partial charge < -0.3 is 25.3 Å². The molecule has 15 heteroatoms. The van der Waals surface area contributed by atoms with Gasteiger partial charge in [-0.25, -0.2) is 9.78 Å². The molecular weight excluding hydrogens is 480 g/mol. The molecule has 0 aromatic carbocycles. The summed E-state index contributed by atoms with van der Waals surface area (Å²) >= 11 is 2.18. The van der Waals surface area contributed by atoms with Gasteiger partial charge in [-0.1, -0.05) is 0 Å². The molecule has 3 N–H and O–H groups in total. The van der Waals surface area contributed by atoms with Crippen LogP contribution < -0.4 is 11.1 Å². The first kappa shape index (κ1) is 24.2. The molecule has 3 rings (SSSR count). The van der Waals surface area contributed by atoms with Crippen molar-refractivity contribution in [2.24, 2.45) is 0 Å². The number of carbonyl (C=O) groups is 6. The number of fused-ring (bicyclic) bond motifs is 1. The van der Waals surface area contributed by atoms with Crippen LogP contribution in [0, 0.1) is 0 Å². The average Bonchev–Trinajstić information content (AvgIpc) is 3.20. The van der Waals surface area contributed by atoms with Crippen molar-refractivity contribution in [2.75, 3.05) is 24.9 Å². The van der Waals surface area contributed by atoms with E-state index in [0.717, 1.165) is 23.2 Å². The van der Waals surface area contributed by atoms with E-state index in [4.69, 9.17) is 15.2 Å². The van der Waals surface area contributed by atoms with E-state index in [1.165, 1.54) is 24.1 Å². The molecule has 1 aromatic heterocycles. The molecular formula is C18H18N4O9S2. The largest absolute Gasteiger partial charge is 0.461 e. The molecule has 1 aromatic rings. The Morgan fingerprint density at radius 2 is 1.88 bits per heavy atom.